The van der Waals surface area contributed by atoms with Crippen LogP contribution in [0.5, 0.6) is 0 Å². The van der Waals surface area contributed by atoms with Crippen LogP contribution in [0.25, 0.3) is 0 Å². The SMILES string of the molecule is CCCCCC([C-]=O)NC(=O)C(C)CCCCC.C[CH-]C.[La]. The monoisotopic (exact) mass is 436 g/mol. The van der Waals surface area contributed by atoms with E-state index in [2.05, 4.69) is 19.2 Å². The maximum Gasteiger partial charge on any atom is 0.220 e. The zero-order valence-electron chi connectivity index (χ0n) is 15.3. The maximum atomic E-state index is 11.8. The molecule has 0 aromatic heterocycles. The number of rotatable bonds is 11. The molecule has 0 aliphatic carbocycles. The number of carbonyl (C=O) groups is 1. The summed E-state index contributed by atoms with van der Waals surface area (Å²) in [6.45, 7) is 10.2. The minimum absolute atomic E-state index is 0. The van der Waals surface area contributed by atoms with Crippen molar-refractivity contribution < 1.29 is 45.2 Å². The molecule has 3 nitrogen and oxygen atoms in total. The van der Waals surface area contributed by atoms with Crippen molar-refractivity contribution in [3.63, 3.8) is 0 Å². The molecule has 129 valence electrons. The molecule has 0 heterocycles. The largest absolute Gasteiger partial charge is 0.540 e. The molecule has 0 spiro atoms. The summed E-state index contributed by atoms with van der Waals surface area (Å²) < 4.78 is 0. The van der Waals surface area contributed by atoms with Crippen molar-refractivity contribution in [3.05, 3.63) is 6.42 Å². The molecule has 0 aliphatic heterocycles. The van der Waals surface area contributed by atoms with Gasteiger partial charge in [0.15, 0.2) is 0 Å². The van der Waals surface area contributed by atoms with Crippen molar-refractivity contribution in [2.45, 2.75) is 92.0 Å². The molecular weight excluding hydrogens is 401 g/mol. The second kappa shape index (κ2) is 21.3. The molecule has 4 heteroatoms. The van der Waals surface area contributed by atoms with Gasteiger partial charge in [-0.2, -0.15) is 13.8 Å². The van der Waals surface area contributed by atoms with Crippen LogP contribution in [0.15, 0.2) is 0 Å². The van der Waals surface area contributed by atoms with E-state index < -0.39 is 6.04 Å². The van der Waals surface area contributed by atoms with Gasteiger partial charge in [-0.1, -0.05) is 71.8 Å². The average Bonchev–Trinajstić information content (AvgIpc) is 2.47. The quantitative estimate of drug-likeness (QED) is 0.380. The Labute approximate surface area is 166 Å². The van der Waals surface area contributed by atoms with Gasteiger partial charge in [-0.25, -0.2) is 6.29 Å². The van der Waals surface area contributed by atoms with Gasteiger partial charge in [0.05, 0.1) is 0 Å². The van der Waals surface area contributed by atoms with Crippen molar-refractivity contribution in [3.8, 4) is 0 Å². The van der Waals surface area contributed by atoms with Gasteiger partial charge in [-0.15, -0.1) is 0 Å². The van der Waals surface area contributed by atoms with Gasteiger partial charge in [0.2, 0.25) is 5.91 Å². The van der Waals surface area contributed by atoms with Crippen LogP contribution < -0.4 is 5.32 Å². The van der Waals surface area contributed by atoms with Gasteiger partial charge in [0.25, 0.3) is 0 Å². The van der Waals surface area contributed by atoms with Crippen molar-refractivity contribution in [2.75, 3.05) is 0 Å². The van der Waals surface area contributed by atoms with Crippen LogP contribution in [-0.2, 0) is 9.59 Å². The number of hydrogen-bond acceptors (Lipinski definition) is 2. The standard InChI is InChI=1S/C15H28NO2.C3H7.La/c1-4-6-8-10-13(3)15(18)16-14(12-17)11-9-7-5-2;1-3-2;/h13-14H,4-11H2,1-3H3,(H,16,18);3H,1-2H3;/q2*-1;. The van der Waals surface area contributed by atoms with Gasteiger partial charge in [0, 0.05) is 41.5 Å². The van der Waals surface area contributed by atoms with Crippen LogP contribution in [0.4, 0.5) is 0 Å². The Bertz CT molecular complexity index is 247. The fraction of sp³-hybridized carbons (Fsp3) is 0.833. The van der Waals surface area contributed by atoms with Crippen LogP contribution in [0.3, 0.4) is 0 Å². The zero-order valence-corrected chi connectivity index (χ0v) is 18.9. The predicted octanol–water partition coefficient (Wildman–Crippen LogP) is 4.61. The fourth-order valence-electron chi connectivity index (χ4n) is 1.90. The van der Waals surface area contributed by atoms with Gasteiger partial charge in [-0.3, -0.25) is 4.79 Å². The first-order valence-electron chi connectivity index (χ1n) is 8.49. The molecule has 2 unspecified atom stereocenters. The minimum atomic E-state index is -0.419. The zero-order chi connectivity index (χ0) is 16.5. The topological polar surface area (TPSA) is 46.2 Å². The summed E-state index contributed by atoms with van der Waals surface area (Å²) in [5, 5.41) is 2.79. The fourth-order valence-corrected chi connectivity index (χ4v) is 1.90. The molecule has 1 amide bonds. The summed E-state index contributed by atoms with van der Waals surface area (Å²) in [5.41, 5.74) is 0. The first-order valence-corrected chi connectivity index (χ1v) is 8.49. The smallest absolute Gasteiger partial charge is 0.220 e. The Morgan fingerprint density at radius 1 is 1.05 bits per heavy atom. The second-order valence-corrected chi connectivity index (χ2v) is 5.65. The number of nitrogens with one attached hydrogen (secondary N) is 1. The summed E-state index contributed by atoms with van der Waals surface area (Å²) in [6, 6.07) is -0.419. The molecule has 0 rings (SSSR count). The number of carbonyl (C=O) groups excluding carboxylic acids is 2. The molecule has 1 N–H and O–H groups in total. The molecule has 0 aliphatic rings. The van der Waals surface area contributed by atoms with E-state index in [0.717, 1.165) is 44.9 Å². The molecular formula is C18H35LaNO2-2. The van der Waals surface area contributed by atoms with E-state index in [1.54, 1.807) is 0 Å². The molecule has 0 saturated carbocycles. The summed E-state index contributed by atoms with van der Waals surface area (Å²) in [6.07, 6.45) is 12.1. The Morgan fingerprint density at radius 3 is 1.91 bits per heavy atom. The van der Waals surface area contributed by atoms with E-state index in [1.165, 1.54) is 0 Å². The van der Waals surface area contributed by atoms with Crippen LogP contribution in [0.2, 0.25) is 0 Å². The number of hydrogen-bond donors (Lipinski definition) is 1. The number of amides is 1. The van der Waals surface area contributed by atoms with Gasteiger partial charge in [0.1, 0.15) is 0 Å². The normalized spacial score (nSPS) is 12.2. The first kappa shape index (κ1) is 27.2. The van der Waals surface area contributed by atoms with E-state index in [9.17, 15) is 9.59 Å². The second-order valence-electron chi connectivity index (χ2n) is 5.65. The third-order valence-corrected chi connectivity index (χ3v) is 3.24. The summed E-state index contributed by atoms with van der Waals surface area (Å²) >= 11 is 0. The Morgan fingerprint density at radius 2 is 1.50 bits per heavy atom. The molecule has 0 bridgehead atoms. The molecule has 2 atom stereocenters. The molecule has 22 heavy (non-hydrogen) atoms. The molecule has 0 fully saturated rings. The third kappa shape index (κ3) is 18.4. The van der Waals surface area contributed by atoms with E-state index in [0.29, 0.717) is 6.42 Å². The first-order chi connectivity index (χ1) is 10.1. The minimum Gasteiger partial charge on any atom is -0.540 e. The van der Waals surface area contributed by atoms with E-state index in [4.69, 9.17) is 0 Å². The van der Waals surface area contributed by atoms with Crippen LogP contribution in [0.1, 0.15) is 86.0 Å². The van der Waals surface area contributed by atoms with Crippen LogP contribution in [0, 0.1) is 47.9 Å². The maximum absolute atomic E-state index is 11.8. The van der Waals surface area contributed by atoms with E-state index >= 15 is 0 Å². The summed E-state index contributed by atoms with van der Waals surface area (Å²) in [4.78, 5) is 22.6. The van der Waals surface area contributed by atoms with E-state index in [1.807, 2.05) is 33.5 Å². The predicted molar refractivity (Wildman–Crippen MR) is 90.7 cm³/mol. The summed E-state index contributed by atoms with van der Waals surface area (Å²) in [5.74, 6) is -0.00507. The van der Waals surface area contributed by atoms with Gasteiger partial charge >= 0.3 is 0 Å². The Kier molecular flexibility index (Phi) is 26.4. The van der Waals surface area contributed by atoms with Crippen molar-refractivity contribution in [2.24, 2.45) is 5.92 Å². The average molecular weight is 436 g/mol. The van der Waals surface area contributed by atoms with Crippen LogP contribution in [-0.4, -0.2) is 18.2 Å². The van der Waals surface area contributed by atoms with Crippen molar-refractivity contribution in [1.82, 2.24) is 5.32 Å². The molecule has 0 saturated heterocycles. The van der Waals surface area contributed by atoms with Gasteiger partial charge in [-0.05, 0) is 6.42 Å². The Balaban J connectivity index is -0.000000827. The van der Waals surface area contributed by atoms with Crippen molar-refractivity contribution in [1.29, 1.82) is 0 Å². The van der Waals surface area contributed by atoms with E-state index in [-0.39, 0.29) is 47.4 Å². The summed E-state index contributed by atoms with van der Waals surface area (Å²) in [7, 11) is 0. The molecule has 1 radical (unpaired) electrons. The number of unbranched alkanes of at least 4 members (excludes halogenated alkanes) is 4. The third-order valence-electron chi connectivity index (χ3n) is 3.24. The van der Waals surface area contributed by atoms with Crippen molar-refractivity contribution >= 4 is 12.2 Å². The molecule has 0 aromatic rings. The Hall–Kier alpha value is 0.335. The van der Waals surface area contributed by atoms with Gasteiger partial charge < -0.3 is 16.5 Å². The van der Waals surface area contributed by atoms with Crippen LogP contribution >= 0.6 is 0 Å². The molecule has 0 aromatic carbocycles.